The van der Waals surface area contributed by atoms with Crippen LogP contribution in [0.1, 0.15) is 11.1 Å². The van der Waals surface area contributed by atoms with Crippen LogP contribution in [-0.4, -0.2) is 56.1 Å². The summed E-state index contributed by atoms with van der Waals surface area (Å²) in [4.78, 5) is 14.8. The fraction of sp³-hybridized carbons (Fsp3) is 0.300. The van der Waals surface area contributed by atoms with Gasteiger partial charge in [0.2, 0.25) is 0 Å². The number of piperazine rings is 1. The molecule has 0 unspecified atom stereocenters. The molecular formula is C20H23N5O3. The Bertz CT molecular complexity index is 1030. The van der Waals surface area contributed by atoms with Crippen LogP contribution in [0.25, 0.3) is 17.1 Å². The summed E-state index contributed by atoms with van der Waals surface area (Å²) in [6, 6.07) is 10.6. The van der Waals surface area contributed by atoms with Gasteiger partial charge in [0.05, 0.1) is 11.3 Å². The largest absolute Gasteiger partial charge is 0.508 e. The lowest BCUT2D eigenvalue weighted by Gasteiger charge is -2.27. The van der Waals surface area contributed by atoms with Crippen molar-refractivity contribution in [3.05, 3.63) is 58.0 Å². The van der Waals surface area contributed by atoms with Crippen LogP contribution in [0.3, 0.4) is 0 Å². The molecule has 4 rings (SSSR count). The first-order valence-corrected chi connectivity index (χ1v) is 9.25. The summed E-state index contributed by atoms with van der Waals surface area (Å²) < 4.78 is 1.42. The SMILES string of the molecule is Cc1cc(-c2n[nH]c(=O)n2-c2ccc(CN3CCNCC3)cc2)c(O)cc1O. The Labute approximate surface area is 162 Å². The van der Waals surface area contributed by atoms with Crippen molar-refractivity contribution in [2.75, 3.05) is 26.2 Å². The smallest absolute Gasteiger partial charge is 0.348 e. The zero-order valence-corrected chi connectivity index (χ0v) is 15.6. The maximum Gasteiger partial charge on any atom is 0.348 e. The molecule has 0 spiro atoms. The lowest BCUT2D eigenvalue weighted by atomic mass is 10.1. The summed E-state index contributed by atoms with van der Waals surface area (Å²) in [7, 11) is 0. The number of nitrogens with one attached hydrogen (secondary N) is 2. The highest BCUT2D eigenvalue weighted by atomic mass is 16.3. The predicted molar refractivity (Wildman–Crippen MR) is 106 cm³/mol. The molecule has 1 fully saturated rings. The van der Waals surface area contributed by atoms with Gasteiger partial charge in [0.1, 0.15) is 11.5 Å². The van der Waals surface area contributed by atoms with E-state index in [2.05, 4.69) is 20.4 Å². The Morgan fingerprint density at radius 2 is 1.79 bits per heavy atom. The average Bonchev–Trinajstić information content (AvgIpc) is 3.07. The maximum absolute atomic E-state index is 12.4. The van der Waals surface area contributed by atoms with Crippen molar-refractivity contribution in [3.8, 4) is 28.6 Å². The standard InChI is InChI=1S/C20H23N5O3/c1-13-10-16(18(27)11-17(13)26)19-22-23-20(28)25(19)15-4-2-14(3-5-15)12-24-8-6-21-7-9-24/h2-5,10-11,21,26-27H,6-9,12H2,1H3,(H,23,28). The minimum Gasteiger partial charge on any atom is -0.508 e. The Balaban J connectivity index is 1.66. The maximum atomic E-state index is 12.4. The molecule has 0 amide bonds. The molecule has 2 heterocycles. The first kappa shape index (κ1) is 18.3. The third kappa shape index (κ3) is 3.51. The van der Waals surface area contributed by atoms with Crippen molar-refractivity contribution in [2.45, 2.75) is 13.5 Å². The highest BCUT2D eigenvalue weighted by molar-refractivity contribution is 5.68. The topological polar surface area (TPSA) is 106 Å². The van der Waals surface area contributed by atoms with Crippen molar-refractivity contribution in [1.29, 1.82) is 0 Å². The molecule has 0 saturated carbocycles. The van der Waals surface area contributed by atoms with E-state index in [0.29, 0.717) is 22.6 Å². The third-order valence-corrected chi connectivity index (χ3v) is 5.04. The van der Waals surface area contributed by atoms with E-state index < -0.39 is 5.69 Å². The molecule has 146 valence electrons. The number of phenolic OH excluding ortho intramolecular Hbond substituents is 2. The molecule has 1 saturated heterocycles. The normalized spacial score (nSPS) is 15.0. The summed E-state index contributed by atoms with van der Waals surface area (Å²) >= 11 is 0. The van der Waals surface area contributed by atoms with E-state index in [4.69, 9.17) is 0 Å². The van der Waals surface area contributed by atoms with Gasteiger partial charge in [-0.25, -0.2) is 14.5 Å². The number of H-pyrrole nitrogens is 1. The summed E-state index contributed by atoms with van der Waals surface area (Å²) in [6.07, 6.45) is 0. The van der Waals surface area contributed by atoms with Crippen LogP contribution in [-0.2, 0) is 6.54 Å². The van der Waals surface area contributed by atoms with Gasteiger partial charge in [-0.2, -0.15) is 5.10 Å². The summed E-state index contributed by atoms with van der Waals surface area (Å²) in [6.45, 7) is 6.63. The number of aryl methyl sites for hydroxylation is 1. The quantitative estimate of drug-likeness (QED) is 0.544. The average molecular weight is 381 g/mol. The van der Waals surface area contributed by atoms with E-state index in [1.54, 1.807) is 13.0 Å². The van der Waals surface area contributed by atoms with Gasteiger partial charge in [0.15, 0.2) is 5.82 Å². The first-order chi connectivity index (χ1) is 13.5. The second kappa shape index (κ2) is 7.49. The number of nitrogens with zero attached hydrogens (tertiary/aromatic N) is 3. The van der Waals surface area contributed by atoms with E-state index >= 15 is 0 Å². The van der Waals surface area contributed by atoms with Crippen LogP contribution in [0.2, 0.25) is 0 Å². The molecule has 8 nitrogen and oxygen atoms in total. The number of aromatic amines is 1. The molecule has 8 heteroatoms. The fourth-order valence-corrected chi connectivity index (χ4v) is 3.46. The molecule has 0 aliphatic carbocycles. The van der Waals surface area contributed by atoms with Crippen LogP contribution in [0.5, 0.6) is 11.5 Å². The van der Waals surface area contributed by atoms with Gasteiger partial charge in [-0.1, -0.05) is 12.1 Å². The van der Waals surface area contributed by atoms with Crippen molar-refractivity contribution in [3.63, 3.8) is 0 Å². The highest BCUT2D eigenvalue weighted by Gasteiger charge is 2.18. The lowest BCUT2D eigenvalue weighted by Crippen LogP contribution is -2.42. The Hall–Kier alpha value is -3.10. The van der Waals surface area contributed by atoms with E-state index in [9.17, 15) is 15.0 Å². The number of hydrogen-bond acceptors (Lipinski definition) is 6. The number of hydrogen-bond donors (Lipinski definition) is 4. The van der Waals surface area contributed by atoms with Crippen molar-refractivity contribution >= 4 is 0 Å². The number of aromatic hydroxyl groups is 2. The van der Waals surface area contributed by atoms with Crippen LogP contribution >= 0.6 is 0 Å². The van der Waals surface area contributed by atoms with Gasteiger partial charge in [0, 0.05) is 38.8 Å². The van der Waals surface area contributed by atoms with Gasteiger partial charge in [-0.05, 0) is 36.2 Å². The van der Waals surface area contributed by atoms with Crippen molar-refractivity contribution < 1.29 is 10.2 Å². The summed E-state index contributed by atoms with van der Waals surface area (Å²) in [5.74, 6) is 0.141. The number of phenols is 2. The Kier molecular flexibility index (Phi) is 4.89. The van der Waals surface area contributed by atoms with Crippen LogP contribution in [0, 0.1) is 6.92 Å². The molecule has 3 aromatic rings. The molecule has 1 aromatic heterocycles. The zero-order valence-electron chi connectivity index (χ0n) is 15.6. The van der Waals surface area contributed by atoms with E-state index in [1.165, 1.54) is 16.2 Å². The van der Waals surface area contributed by atoms with Crippen LogP contribution < -0.4 is 11.0 Å². The van der Waals surface area contributed by atoms with Gasteiger partial charge in [0.25, 0.3) is 0 Å². The molecule has 0 radical (unpaired) electrons. The van der Waals surface area contributed by atoms with Gasteiger partial charge >= 0.3 is 5.69 Å². The Morgan fingerprint density at radius 1 is 1.07 bits per heavy atom. The molecule has 1 aliphatic heterocycles. The monoisotopic (exact) mass is 381 g/mol. The highest BCUT2D eigenvalue weighted by Crippen LogP contribution is 2.33. The zero-order chi connectivity index (χ0) is 19.7. The molecule has 28 heavy (non-hydrogen) atoms. The molecule has 0 bridgehead atoms. The van der Waals surface area contributed by atoms with Gasteiger partial charge in [-0.3, -0.25) is 4.90 Å². The molecular weight excluding hydrogens is 358 g/mol. The third-order valence-electron chi connectivity index (χ3n) is 5.04. The van der Waals surface area contributed by atoms with Crippen LogP contribution in [0.15, 0.2) is 41.2 Å². The summed E-state index contributed by atoms with van der Waals surface area (Å²) in [5.41, 5.74) is 2.39. The van der Waals surface area contributed by atoms with Crippen LogP contribution in [0.4, 0.5) is 0 Å². The van der Waals surface area contributed by atoms with Crippen molar-refractivity contribution in [2.24, 2.45) is 0 Å². The predicted octanol–water partition coefficient (Wildman–Crippen LogP) is 1.35. The Morgan fingerprint density at radius 3 is 2.50 bits per heavy atom. The molecule has 4 N–H and O–H groups in total. The van der Waals surface area contributed by atoms with Gasteiger partial charge in [-0.15, -0.1) is 0 Å². The first-order valence-electron chi connectivity index (χ1n) is 9.25. The summed E-state index contributed by atoms with van der Waals surface area (Å²) in [5, 5.41) is 29.9. The minimum atomic E-state index is -0.394. The molecule has 1 aliphatic rings. The number of benzene rings is 2. The van der Waals surface area contributed by atoms with E-state index in [1.807, 2.05) is 24.3 Å². The number of aromatic nitrogens is 3. The fourth-order valence-electron chi connectivity index (χ4n) is 3.46. The minimum absolute atomic E-state index is 0.0112. The molecule has 0 atom stereocenters. The second-order valence-corrected chi connectivity index (χ2v) is 7.04. The molecule has 2 aromatic carbocycles. The lowest BCUT2D eigenvalue weighted by molar-refractivity contribution is 0.233. The second-order valence-electron chi connectivity index (χ2n) is 7.04. The number of rotatable bonds is 4. The van der Waals surface area contributed by atoms with Gasteiger partial charge < -0.3 is 15.5 Å². The van der Waals surface area contributed by atoms with E-state index in [0.717, 1.165) is 32.7 Å². The van der Waals surface area contributed by atoms with Crippen molar-refractivity contribution in [1.82, 2.24) is 25.0 Å². The van der Waals surface area contributed by atoms with E-state index in [-0.39, 0.29) is 11.5 Å².